The maximum atomic E-state index is 12.3. The number of nitro benzene ring substituents is 1. The molecule has 0 aliphatic carbocycles. The number of ether oxygens (including phenoxy) is 1. The molecule has 1 heterocycles. The third-order valence-corrected chi connectivity index (χ3v) is 4.01. The maximum Gasteiger partial charge on any atom is 0.270 e. The van der Waals surface area contributed by atoms with Gasteiger partial charge in [0.1, 0.15) is 12.4 Å². The third-order valence-electron chi connectivity index (χ3n) is 4.01. The number of nitrogens with zero attached hydrogens (tertiary/aromatic N) is 1. The average Bonchev–Trinajstić information content (AvgIpc) is 2.72. The van der Waals surface area contributed by atoms with Gasteiger partial charge in [-0.25, -0.2) is 0 Å². The summed E-state index contributed by atoms with van der Waals surface area (Å²) in [6, 6.07) is 10.3. The average molecular weight is 355 g/mol. The fraction of sp³-hybridized carbons (Fsp3) is 0.222. The van der Waals surface area contributed by atoms with Crippen LogP contribution in [0.1, 0.15) is 24.2 Å². The van der Waals surface area contributed by atoms with Crippen LogP contribution in [-0.2, 0) is 4.79 Å². The van der Waals surface area contributed by atoms with Gasteiger partial charge in [-0.1, -0.05) is 6.07 Å². The molecular weight excluding hydrogens is 338 g/mol. The molecule has 0 saturated heterocycles. The predicted molar refractivity (Wildman–Crippen MR) is 95.4 cm³/mol. The first-order valence-electron chi connectivity index (χ1n) is 7.90. The van der Waals surface area contributed by atoms with E-state index in [1.165, 1.54) is 24.3 Å². The maximum absolute atomic E-state index is 12.3. The molecule has 1 aliphatic rings. The zero-order valence-electron chi connectivity index (χ0n) is 14.2. The Hall–Kier alpha value is -3.42. The smallest absolute Gasteiger partial charge is 0.270 e. The molecule has 3 rings (SSSR count). The Kier molecular flexibility index (Phi) is 4.33. The summed E-state index contributed by atoms with van der Waals surface area (Å²) >= 11 is 0. The SMILES string of the molecule is CC1(C)COc2cc(NC(=O)c3cccc([N+](=O)[O-])c3)ccc2NC1=O. The van der Waals surface area contributed by atoms with Gasteiger partial charge in [-0.3, -0.25) is 19.7 Å². The van der Waals surface area contributed by atoms with Gasteiger partial charge in [-0.05, 0) is 32.0 Å². The molecule has 0 atom stereocenters. The van der Waals surface area contributed by atoms with Gasteiger partial charge < -0.3 is 15.4 Å². The van der Waals surface area contributed by atoms with Crippen LogP contribution in [0.5, 0.6) is 5.75 Å². The predicted octanol–water partition coefficient (Wildman–Crippen LogP) is 3.20. The van der Waals surface area contributed by atoms with Crippen molar-refractivity contribution in [1.29, 1.82) is 0 Å². The van der Waals surface area contributed by atoms with Crippen LogP contribution >= 0.6 is 0 Å². The van der Waals surface area contributed by atoms with E-state index in [4.69, 9.17) is 4.74 Å². The molecule has 0 aromatic heterocycles. The summed E-state index contributed by atoms with van der Waals surface area (Å²) in [6.07, 6.45) is 0. The van der Waals surface area contributed by atoms with Crippen molar-refractivity contribution in [2.75, 3.05) is 17.2 Å². The highest BCUT2D eigenvalue weighted by Crippen LogP contribution is 2.34. The molecule has 0 bridgehead atoms. The lowest BCUT2D eigenvalue weighted by Crippen LogP contribution is -2.33. The molecule has 0 saturated carbocycles. The molecule has 2 aromatic rings. The first kappa shape index (κ1) is 17.4. The summed E-state index contributed by atoms with van der Waals surface area (Å²) in [4.78, 5) is 34.7. The highest BCUT2D eigenvalue weighted by Gasteiger charge is 2.32. The monoisotopic (exact) mass is 355 g/mol. The van der Waals surface area contributed by atoms with Crippen molar-refractivity contribution in [3.8, 4) is 5.75 Å². The number of carbonyl (C=O) groups is 2. The van der Waals surface area contributed by atoms with Gasteiger partial charge >= 0.3 is 0 Å². The van der Waals surface area contributed by atoms with E-state index >= 15 is 0 Å². The van der Waals surface area contributed by atoms with Crippen LogP contribution in [0.2, 0.25) is 0 Å². The highest BCUT2D eigenvalue weighted by molar-refractivity contribution is 6.05. The Labute approximate surface area is 149 Å². The Morgan fingerprint density at radius 1 is 1.27 bits per heavy atom. The number of nitrogens with one attached hydrogen (secondary N) is 2. The van der Waals surface area contributed by atoms with Crippen molar-refractivity contribution in [3.63, 3.8) is 0 Å². The molecule has 134 valence electrons. The summed E-state index contributed by atoms with van der Waals surface area (Å²) in [6.45, 7) is 3.76. The molecule has 0 unspecified atom stereocenters. The fourth-order valence-corrected chi connectivity index (χ4v) is 2.40. The van der Waals surface area contributed by atoms with Crippen molar-refractivity contribution in [1.82, 2.24) is 0 Å². The highest BCUT2D eigenvalue weighted by atomic mass is 16.6. The van der Waals surface area contributed by atoms with Gasteiger partial charge in [0.05, 0.1) is 16.0 Å². The van der Waals surface area contributed by atoms with E-state index in [0.717, 1.165) is 0 Å². The molecule has 0 spiro atoms. The first-order chi connectivity index (χ1) is 12.3. The second-order valence-electron chi connectivity index (χ2n) is 6.60. The molecule has 0 fully saturated rings. The van der Waals surface area contributed by atoms with Crippen LogP contribution in [0.25, 0.3) is 0 Å². The van der Waals surface area contributed by atoms with Crippen LogP contribution in [0.15, 0.2) is 42.5 Å². The molecule has 0 radical (unpaired) electrons. The zero-order chi connectivity index (χ0) is 18.9. The van der Waals surface area contributed by atoms with Crippen molar-refractivity contribution in [2.45, 2.75) is 13.8 Å². The molecular formula is C18H17N3O5. The van der Waals surface area contributed by atoms with E-state index in [9.17, 15) is 19.7 Å². The van der Waals surface area contributed by atoms with Gasteiger partial charge in [0.2, 0.25) is 5.91 Å². The molecule has 1 aliphatic heterocycles. The topological polar surface area (TPSA) is 111 Å². The Morgan fingerprint density at radius 2 is 2.04 bits per heavy atom. The van der Waals surface area contributed by atoms with Crippen LogP contribution in [0.3, 0.4) is 0 Å². The summed E-state index contributed by atoms with van der Waals surface area (Å²) in [5.74, 6) is -0.183. The molecule has 8 nitrogen and oxygen atoms in total. The van der Waals surface area contributed by atoms with Gasteiger partial charge in [-0.15, -0.1) is 0 Å². The summed E-state index contributed by atoms with van der Waals surface area (Å²) in [7, 11) is 0. The molecule has 26 heavy (non-hydrogen) atoms. The van der Waals surface area contributed by atoms with Crippen molar-refractivity contribution in [3.05, 3.63) is 58.1 Å². The first-order valence-corrected chi connectivity index (χ1v) is 7.90. The molecule has 2 aromatic carbocycles. The van der Waals surface area contributed by atoms with E-state index in [1.807, 2.05) is 0 Å². The van der Waals surface area contributed by atoms with Gasteiger partial charge in [0.15, 0.2) is 0 Å². The van der Waals surface area contributed by atoms with Crippen LogP contribution < -0.4 is 15.4 Å². The van der Waals surface area contributed by atoms with Crippen molar-refractivity contribution >= 4 is 28.9 Å². The summed E-state index contributed by atoms with van der Waals surface area (Å²) in [5, 5.41) is 16.3. The third kappa shape index (κ3) is 3.49. The van der Waals surface area contributed by atoms with Crippen LogP contribution in [-0.4, -0.2) is 23.3 Å². The summed E-state index contributed by atoms with van der Waals surface area (Å²) in [5.41, 5.74) is 0.311. The number of nitro groups is 1. The van der Waals surface area contributed by atoms with E-state index in [0.29, 0.717) is 17.1 Å². The lowest BCUT2D eigenvalue weighted by atomic mass is 9.94. The van der Waals surface area contributed by atoms with E-state index in [-0.39, 0.29) is 23.8 Å². The number of rotatable bonds is 3. The Morgan fingerprint density at radius 3 is 2.77 bits per heavy atom. The number of fused-ring (bicyclic) bond motifs is 1. The lowest BCUT2D eigenvalue weighted by molar-refractivity contribution is -0.384. The lowest BCUT2D eigenvalue weighted by Gasteiger charge is -2.18. The largest absolute Gasteiger partial charge is 0.490 e. The normalized spacial score (nSPS) is 15.1. The number of hydrogen-bond acceptors (Lipinski definition) is 5. The fourth-order valence-electron chi connectivity index (χ4n) is 2.40. The van der Waals surface area contributed by atoms with Crippen molar-refractivity contribution < 1.29 is 19.2 Å². The second kappa shape index (κ2) is 6.47. The second-order valence-corrected chi connectivity index (χ2v) is 6.60. The number of benzene rings is 2. The minimum absolute atomic E-state index is 0.148. The van der Waals surface area contributed by atoms with Crippen LogP contribution in [0, 0.1) is 15.5 Å². The van der Waals surface area contributed by atoms with Gasteiger partial charge in [-0.2, -0.15) is 0 Å². The number of amides is 2. The van der Waals surface area contributed by atoms with Gasteiger partial charge in [0, 0.05) is 29.4 Å². The molecule has 2 N–H and O–H groups in total. The quantitative estimate of drug-likeness (QED) is 0.649. The standard InChI is InChI=1S/C18H17N3O5/c1-18(2)10-26-15-9-12(6-7-14(15)20-17(18)23)19-16(22)11-4-3-5-13(8-11)21(24)25/h3-9H,10H2,1-2H3,(H,19,22)(H,20,23). The summed E-state index contributed by atoms with van der Waals surface area (Å²) < 4.78 is 5.69. The van der Waals surface area contributed by atoms with E-state index < -0.39 is 16.2 Å². The van der Waals surface area contributed by atoms with Crippen molar-refractivity contribution in [2.24, 2.45) is 5.41 Å². The minimum atomic E-state index is -0.675. The van der Waals surface area contributed by atoms with Gasteiger partial charge in [0.25, 0.3) is 11.6 Å². The number of hydrogen-bond donors (Lipinski definition) is 2. The zero-order valence-corrected chi connectivity index (χ0v) is 14.2. The minimum Gasteiger partial charge on any atom is -0.490 e. The number of non-ortho nitro benzene ring substituents is 1. The van der Waals surface area contributed by atoms with E-state index in [2.05, 4.69) is 10.6 Å². The number of carbonyl (C=O) groups excluding carboxylic acids is 2. The number of anilines is 2. The molecule has 8 heteroatoms. The Balaban J connectivity index is 1.81. The Bertz CT molecular complexity index is 907. The van der Waals surface area contributed by atoms with Crippen LogP contribution in [0.4, 0.5) is 17.1 Å². The molecule has 2 amide bonds. The van der Waals surface area contributed by atoms with E-state index in [1.54, 1.807) is 32.0 Å².